The molecule has 20 heavy (non-hydrogen) atoms. The predicted octanol–water partition coefficient (Wildman–Crippen LogP) is 1.16. The van der Waals surface area contributed by atoms with Gasteiger partial charge in [0.25, 0.3) is 0 Å². The maximum absolute atomic E-state index is 12.1. The van der Waals surface area contributed by atoms with Crippen LogP contribution in [0, 0.1) is 0 Å². The SMILES string of the molecule is CNS(=O)(=O)c1cc(N)ccc1NC1(C)CCOCC1. The summed E-state index contributed by atoms with van der Waals surface area (Å²) in [6.45, 7) is 3.42. The van der Waals surface area contributed by atoms with Gasteiger partial charge in [0.2, 0.25) is 10.0 Å². The molecule has 0 aromatic heterocycles. The van der Waals surface area contributed by atoms with Crippen LogP contribution in [-0.4, -0.2) is 34.2 Å². The predicted molar refractivity (Wildman–Crippen MR) is 79.2 cm³/mol. The number of benzene rings is 1. The van der Waals surface area contributed by atoms with E-state index in [1.807, 2.05) is 0 Å². The van der Waals surface area contributed by atoms with Crippen molar-refractivity contribution in [1.82, 2.24) is 4.72 Å². The second-order valence-corrected chi connectivity index (χ2v) is 7.12. The highest BCUT2D eigenvalue weighted by molar-refractivity contribution is 7.89. The number of hydrogen-bond acceptors (Lipinski definition) is 5. The molecule has 0 bridgehead atoms. The largest absolute Gasteiger partial charge is 0.399 e. The van der Waals surface area contributed by atoms with Crippen LogP contribution < -0.4 is 15.8 Å². The first-order valence-corrected chi connectivity index (χ1v) is 8.04. The van der Waals surface area contributed by atoms with Gasteiger partial charge in [-0.05, 0) is 45.0 Å². The highest BCUT2D eigenvalue weighted by atomic mass is 32.2. The fourth-order valence-corrected chi connectivity index (χ4v) is 3.17. The Hall–Kier alpha value is -1.31. The van der Waals surface area contributed by atoms with E-state index in [-0.39, 0.29) is 10.4 Å². The summed E-state index contributed by atoms with van der Waals surface area (Å²) >= 11 is 0. The van der Waals surface area contributed by atoms with Crippen LogP contribution in [0.25, 0.3) is 0 Å². The van der Waals surface area contributed by atoms with Gasteiger partial charge in [0.1, 0.15) is 4.90 Å². The number of sulfonamides is 1. The van der Waals surface area contributed by atoms with Crippen molar-refractivity contribution in [1.29, 1.82) is 0 Å². The molecular formula is C13H21N3O3S. The Morgan fingerprint density at radius 1 is 1.30 bits per heavy atom. The highest BCUT2D eigenvalue weighted by Crippen LogP contribution is 2.30. The molecule has 1 aliphatic rings. The molecule has 112 valence electrons. The molecule has 1 aromatic rings. The molecule has 1 fully saturated rings. The highest BCUT2D eigenvalue weighted by Gasteiger charge is 2.29. The molecule has 0 amide bonds. The lowest BCUT2D eigenvalue weighted by molar-refractivity contribution is 0.0657. The fourth-order valence-electron chi connectivity index (χ4n) is 2.25. The number of rotatable bonds is 4. The maximum Gasteiger partial charge on any atom is 0.242 e. The van der Waals surface area contributed by atoms with Gasteiger partial charge in [-0.3, -0.25) is 0 Å². The summed E-state index contributed by atoms with van der Waals surface area (Å²) in [4.78, 5) is 0.174. The zero-order chi connectivity index (χ0) is 14.8. The maximum atomic E-state index is 12.1. The van der Waals surface area contributed by atoms with Crippen LogP contribution in [0.15, 0.2) is 23.1 Å². The minimum atomic E-state index is -3.55. The topological polar surface area (TPSA) is 93.5 Å². The Kier molecular flexibility index (Phi) is 4.22. The summed E-state index contributed by atoms with van der Waals surface area (Å²) in [6, 6.07) is 4.87. The number of ether oxygens (including phenoxy) is 1. The zero-order valence-corrected chi connectivity index (χ0v) is 12.6. The second-order valence-electron chi connectivity index (χ2n) is 5.26. The summed E-state index contributed by atoms with van der Waals surface area (Å²) in [5, 5.41) is 3.34. The number of anilines is 2. The lowest BCUT2D eigenvalue weighted by Crippen LogP contribution is -2.41. The Bertz CT molecular complexity index is 581. The van der Waals surface area contributed by atoms with Crippen molar-refractivity contribution >= 4 is 21.4 Å². The molecular weight excluding hydrogens is 278 g/mol. The Balaban J connectivity index is 2.36. The monoisotopic (exact) mass is 299 g/mol. The lowest BCUT2D eigenvalue weighted by atomic mass is 9.92. The fraction of sp³-hybridized carbons (Fsp3) is 0.538. The van der Waals surface area contributed by atoms with Crippen molar-refractivity contribution in [3.8, 4) is 0 Å². The van der Waals surface area contributed by atoms with Gasteiger partial charge in [0.05, 0.1) is 5.69 Å². The van der Waals surface area contributed by atoms with E-state index in [2.05, 4.69) is 17.0 Å². The van der Waals surface area contributed by atoms with E-state index in [4.69, 9.17) is 10.5 Å². The average Bonchev–Trinajstić information content (AvgIpc) is 2.41. The van der Waals surface area contributed by atoms with E-state index >= 15 is 0 Å². The smallest absolute Gasteiger partial charge is 0.242 e. The van der Waals surface area contributed by atoms with E-state index in [1.54, 1.807) is 12.1 Å². The van der Waals surface area contributed by atoms with Gasteiger partial charge in [0.15, 0.2) is 0 Å². The second kappa shape index (κ2) is 5.59. The van der Waals surface area contributed by atoms with Crippen LogP contribution in [0.3, 0.4) is 0 Å². The van der Waals surface area contributed by atoms with Gasteiger partial charge in [0, 0.05) is 24.4 Å². The minimum absolute atomic E-state index is 0.174. The molecule has 0 saturated carbocycles. The van der Waals surface area contributed by atoms with E-state index < -0.39 is 10.0 Å². The third-order valence-corrected chi connectivity index (χ3v) is 5.05. The van der Waals surface area contributed by atoms with Crippen molar-refractivity contribution in [3.63, 3.8) is 0 Å². The third-order valence-electron chi connectivity index (χ3n) is 3.60. The summed E-state index contributed by atoms with van der Waals surface area (Å²) in [6.07, 6.45) is 1.66. The molecule has 6 nitrogen and oxygen atoms in total. The first kappa shape index (κ1) is 15.1. The van der Waals surface area contributed by atoms with E-state index in [0.717, 1.165) is 12.8 Å². The lowest BCUT2D eigenvalue weighted by Gasteiger charge is -2.36. The first-order chi connectivity index (χ1) is 9.36. The van der Waals surface area contributed by atoms with Gasteiger partial charge in [-0.25, -0.2) is 13.1 Å². The molecule has 0 atom stereocenters. The standard InChI is InChI=1S/C13H21N3O3S/c1-13(5-7-19-8-6-13)16-11-4-3-10(14)9-12(11)20(17,18)15-2/h3-4,9,15-16H,5-8,14H2,1-2H3. The summed E-state index contributed by atoms with van der Waals surface area (Å²) in [5.41, 5.74) is 6.52. The van der Waals surface area contributed by atoms with Crippen LogP contribution >= 0.6 is 0 Å². The molecule has 0 unspecified atom stereocenters. The van der Waals surface area contributed by atoms with Crippen molar-refractivity contribution in [2.24, 2.45) is 0 Å². The van der Waals surface area contributed by atoms with Gasteiger partial charge in [-0.1, -0.05) is 0 Å². The molecule has 1 aliphatic heterocycles. The van der Waals surface area contributed by atoms with Gasteiger partial charge in [-0.2, -0.15) is 0 Å². The normalized spacial score (nSPS) is 18.7. The van der Waals surface area contributed by atoms with Crippen molar-refractivity contribution in [2.75, 3.05) is 31.3 Å². The summed E-state index contributed by atoms with van der Waals surface area (Å²) in [5.74, 6) is 0. The molecule has 0 aliphatic carbocycles. The molecule has 0 radical (unpaired) electrons. The van der Waals surface area contributed by atoms with Gasteiger partial charge >= 0.3 is 0 Å². The summed E-state index contributed by atoms with van der Waals surface area (Å²) < 4.78 is 31.9. The van der Waals surface area contributed by atoms with E-state index in [9.17, 15) is 8.42 Å². The molecule has 1 saturated heterocycles. The first-order valence-electron chi connectivity index (χ1n) is 6.55. The van der Waals surface area contributed by atoms with Crippen LogP contribution in [0.4, 0.5) is 11.4 Å². The van der Waals surface area contributed by atoms with Gasteiger partial charge < -0.3 is 15.8 Å². The Morgan fingerprint density at radius 3 is 2.55 bits per heavy atom. The number of nitrogens with one attached hydrogen (secondary N) is 2. The number of hydrogen-bond donors (Lipinski definition) is 3. The molecule has 1 aromatic carbocycles. The van der Waals surface area contributed by atoms with Crippen LogP contribution in [0.1, 0.15) is 19.8 Å². The summed E-state index contributed by atoms with van der Waals surface area (Å²) in [7, 11) is -2.17. The molecule has 2 rings (SSSR count). The Morgan fingerprint density at radius 2 is 1.95 bits per heavy atom. The molecule has 4 N–H and O–H groups in total. The van der Waals surface area contributed by atoms with Gasteiger partial charge in [-0.15, -0.1) is 0 Å². The zero-order valence-electron chi connectivity index (χ0n) is 11.8. The molecule has 0 spiro atoms. The number of nitrogens with two attached hydrogens (primary N) is 1. The molecule has 1 heterocycles. The van der Waals surface area contributed by atoms with Crippen molar-refractivity contribution in [2.45, 2.75) is 30.2 Å². The Labute approximate surface area is 119 Å². The van der Waals surface area contributed by atoms with Crippen LogP contribution in [0.2, 0.25) is 0 Å². The average molecular weight is 299 g/mol. The quantitative estimate of drug-likeness (QED) is 0.725. The van der Waals surface area contributed by atoms with Crippen LogP contribution in [0.5, 0.6) is 0 Å². The third kappa shape index (κ3) is 3.23. The van der Waals surface area contributed by atoms with E-state index in [0.29, 0.717) is 24.6 Å². The number of nitrogen functional groups attached to an aromatic ring is 1. The van der Waals surface area contributed by atoms with Crippen molar-refractivity contribution in [3.05, 3.63) is 18.2 Å². The molecule has 7 heteroatoms. The van der Waals surface area contributed by atoms with E-state index in [1.165, 1.54) is 13.1 Å². The minimum Gasteiger partial charge on any atom is -0.399 e. The van der Waals surface area contributed by atoms with Crippen LogP contribution in [-0.2, 0) is 14.8 Å². The van der Waals surface area contributed by atoms with Crippen molar-refractivity contribution < 1.29 is 13.2 Å².